The molecule has 0 bridgehead atoms. The monoisotopic (exact) mass is 554 g/mol. The van der Waals surface area contributed by atoms with E-state index in [1.165, 1.54) is 4.74 Å². The van der Waals surface area contributed by atoms with Crippen molar-refractivity contribution in [2.45, 2.75) is 48.4 Å². The second kappa shape index (κ2) is 9.32. The van der Waals surface area contributed by atoms with E-state index in [1.54, 1.807) is 4.74 Å². The number of ether oxygens (including phenoxy) is 4. The number of hydrogen-bond donors (Lipinski definition) is 0. The largest absolute Gasteiger partial charge is 0.462 e. The molecule has 0 fully saturated rings. The number of halogens is 17. The van der Waals surface area contributed by atoms with Gasteiger partial charge in [-0.05, 0) is 0 Å². The van der Waals surface area contributed by atoms with E-state index in [9.17, 15) is 79.4 Å². The molecule has 0 saturated heterocycles. The van der Waals surface area contributed by atoms with E-state index >= 15 is 0 Å². The molecule has 0 unspecified atom stereocenters. The average Bonchev–Trinajstić information content (AvgIpc) is 2.57. The quantitative estimate of drug-likeness (QED) is 0.215. The fourth-order valence-electron chi connectivity index (χ4n) is 1.46. The van der Waals surface area contributed by atoms with Gasteiger partial charge in [0.1, 0.15) is 6.61 Å². The van der Waals surface area contributed by atoms with Gasteiger partial charge < -0.3 is 9.47 Å². The third-order valence-electron chi connectivity index (χ3n) is 3.15. The van der Waals surface area contributed by atoms with Crippen LogP contribution in [0.15, 0.2) is 0 Å². The first kappa shape index (κ1) is 32.2. The van der Waals surface area contributed by atoms with Crippen molar-refractivity contribution in [3.8, 4) is 0 Å². The molecule has 0 heterocycles. The minimum Gasteiger partial charge on any atom is -0.459 e. The van der Waals surface area contributed by atoms with E-state index in [1.807, 2.05) is 0 Å². The molecule has 0 aromatic carbocycles. The smallest absolute Gasteiger partial charge is 0.459 e. The highest BCUT2D eigenvalue weighted by Gasteiger charge is 2.85. The summed E-state index contributed by atoms with van der Waals surface area (Å²) in [5.41, 5.74) is 0. The predicted octanol–water partition coefficient (Wildman–Crippen LogP) is 5.05. The van der Waals surface area contributed by atoms with Gasteiger partial charge in [0, 0.05) is 7.11 Å². The number of carbonyl (C=O) groups excluding carboxylic acids is 1. The summed E-state index contributed by atoms with van der Waals surface area (Å²) in [5, 5.41) is 0. The summed E-state index contributed by atoms with van der Waals surface area (Å²) in [7, 11) is 0.764. The Hall–Kier alpha value is -1.84. The number of carbonyl (C=O) groups is 1. The van der Waals surface area contributed by atoms with Crippen molar-refractivity contribution in [3.05, 3.63) is 0 Å². The lowest BCUT2D eigenvalue weighted by Gasteiger charge is -2.39. The first-order valence-corrected chi connectivity index (χ1v) is 7.42. The molecule has 0 N–H and O–H groups in total. The normalized spacial score (nSPS) is 18.3. The Morgan fingerprint density at radius 1 is 0.588 bits per heavy atom. The number of esters is 1. The molecular formula is C12H7F17O5. The van der Waals surface area contributed by atoms with Crippen molar-refractivity contribution >= 4 is 5.97 Å². The first-order chi connectivity index (χ1) is 14.6. The van der Waals surface area contributed by atoms with Crippen LogP contribution in [0.5, 0.6) is 0 Å². The Kier molecular flexibility index (Phi) is 8.81. The molecule has 0 aliphatic carbocycles. The van der Waals surface area contributed by atoms with Crippen molar-refractivity contribution in [2.75, 3.05) is 20.3 Å². The van der Waals surface area contributed by atoms with Gasteiger partial charge in [-0.3, -0.25) is 9.47 Å². The fraction of sp³-hybridized carbons (Fsp3) is 0.917. The molecule has 5 nitrogen and oxygen atoms in total. The topological polar surface area (TPSA) is 54.0 Å². The van der Waals surface area contributed by atoms with Crippen LogP contribution in [-0.4, -0.2) is 74.7 Å². The summed E-state index contributed by atoms with van der Waals surface area (Å²) >= 11 is 0. The van der Waals surface area contributed by atoms with Crippen LogP contribution in [0.4, 0.5) is 74.6 Å². The molecule has 0 spiro atoms. The van der Waals surface area contributed by atoms with Crippen LogP contribution in [0.1, 0.15) is 0 Å². The summed E-state index contributed by atoms with van der Waals surface area (Å²) in [6.07, 6.45) is -38.6. The molecule has 0 aromatic heterocycles. The third kappa shape index (κ3) is 5.86. The SMILES string of the molecule is COCCOC(=O)[C@@](F)(OC(F)(F)[C@@](F)(OC(F)(F)C(F)(F)C(F)(F)F)C(F)(F)F)C(F)(F)F. The zero-order valence-corrected chi connectivity index (χ0v) is 15.4. The second-order valence-corrected chi connectivity index (χ2v) is 5.62. The Balaban J connectivity index is 6.61. The Bertz CT molecular complexity index is 713. The molecule has 22 heteroatoms. The predicted molar refractivity (Wildman–Crippen MR) is 65.7 cm³/mol. The van der Waals surface area contributed by atoms with Crippen LogP contribution < -0.4 is 0 Å². The van der Waals surface area contributed by atoms with Crippen molar-refractivity contribution in [3.63, 3.8) is 0 Å². The maximum Gasteiger partial charge on any atom is 0.462 e. The molecule has 0 radical (unpaired) electrons. The first-order valence-electron chi connectivity index (χ1n) is 7.42. The summed E-state index contributed by atoms with van der Waals surface area (Å²) in [4.78, 5) is 11.1. The van der Waals surface area contributed by atoms with Crippen molar-refractivity contribution in [2.24, 2.45) is 0 Å². The highest BCUT2D eigenvalue weighted by Crippen LogP contribution is 2.56. The number of methoxy groups -OCH3 is 1. The van der Waals surface area contributed by atoms with Gasteiger partial charge in [-0.15, -0.1) is 0 Å². The van der Waals surface area contributed by atoms with Gasteiger partial charge in [-0.2, -0.15) is 74.6 Å². The zero-order valence-electron chi connectivity index (χ0n) is 15.4. The van der Waals surface area contributed by atoms with Crippen molar-refractivity contribution < 1.29 is 98.4 Å². The number of hydrogen-bond acceptors (Lipinski definition) is 5. The average molecular weight is 554 g/mol. The van der Waals surface area contributed by atoms with E-state index in [0.717, 1.165) is 7.11 Å². The molecule has 0 aromatic rings. The fourth-order valence-corrected chi connectivity index (χ4v) is 1.46. The van der Waals surface area contributed by atoms with E-state index in [2.05, 4.69) is 9.47 Å². The molecule has 204 valence electrons. The van der Waals surface area contributed by atoms with Crippen LogP contribution in [0.25, 0.3) is 0 Å². The lowest BCUT2D eigenvalue weighted by Crippen LogP contribution is -2.68. The van der Waals surface area contributed by atoms with Gasteiger partial charge in [0.2, 0.25) is 0 Å². The summed E-state index contributed by atoms with van der Waals surface area (Å²) in [5.74, 6) is -26.5. The molecule has 0 aliphatic rings. The van der Waals surface area contributed by atoms with Crippen LogP contribution in [0.3, 0.4) is 0 Å². The van der Waals surface area contributed by atoms with Gasteiger partial charge in [-0.25, -0.2) is 4.79 Å². The van der Waals surface area contributed by atoms with Gasteiger partial charge in [0.15, 0.2) is 0 Å². The molecule has 34 heavy (non-hydrogen) atoms. The van der Waals surface area contributed by atoms with Gasteiger partial charge in [0.05, 0.1) is 6.61 Å². The molecule has 0 amide bonds. The lowest BCUT2D eigenvalue weighted by atomic mass is 10.2. The van der Waals surface area contributed by atoms with Gasteiger partial charge in [-0.1, -0.05) is 0 Å². The number of alkyl halides is 17. The lowest BCUT2D eigenvalue weighted by molar-refractivity contribution is -0.548. The Morgan fingerprint density at radius 3 is 1.35 bits per heavy atom. The van der Waals surface area contributed by atoms with E-state index in [0.29, 0.717) is 0 Å². The second-order valence-electron chi connectivity index (χ2n) is 5.62. The van der Waals surface area contributed by atoms with Gasteiger partial charge >= 0.3 is 54.3 Å². The van der Waals surface area contributed by atoms with E-state index in [4.69, 9.17) is 0 Å². The zero-order chi connectivity index (χ0) is 27.8. The Morgan fingerprint density at radius 2 is 1.03 bits per heavy atom. The van der Waals surface area contributed by atoms with Crippen LogP contribution in [0, 0.1) is 0 Å². The summed E-state index contributed by atoms with van der Waals surface area (Å²) < 4.78 is 229. The maximum absolute atomic E-state index is 13.9. The highest BCUT2D eigenvalue weighted by atomic mass is 19.4. The minimum atomic E-state index is -8.06. The van der Waals surface area contributed by atoms with E-state index in [-0.39, 0.29) is 0 Å². The van der Waals surface area contributed by atoms with Crippen LogP contribution >= 0.6 is 0 Å². The Labute approximate surface area is 174 Å². The van der Waals surface area contributed by atoms with Crippen LogP contribution in [-0.2, 0) is 23.7 Å². The summed E-state index contributed by atoms with van der Waals surface area (Å²) in [6, 6.07) is 0. The van der Waals surface area contributed by atoms with Crippen LogP contribution in [0.2, 0.25) is 0 Å². The molecule has 0 saturated carbocycles. The minimum absolute atomic E-state index is 0.764. The number of rotatable bonds is 10. The molecule has 0 rings (SSSR count). The summed E-state index contributed by atoms with van der Waals surface area (Å²) in [6.45, 7) is -2.38. The van der Waals surface area contributed by atoms with Crippen molar-refractivity contribution in [1.82, 2.24) is 0 Å². The maximum atomic E-state index is 13.9. The molecular weight excluding hydrogens is 547 g/mol. The standard InChI is InChI=1S/C12H7F17O5/c1-31-2-3-32-4(30)5(13,8(17,18)19)33-12(28,29)7(16,10(23,24)25)34-11(26,27)6(14,15)9(20,21)22/h2-3H2,1H3/t5-,7+/m1/s1. The third-order valence-corrected chi connectivity index (χ3v) is 3.15. The highest BCUT2D eigenvalue weighted by molar-refractivity contribution is 5.78. The molecule has 2 atom stereocenters. The van der Waals surface area contributed by atoms with Crippen molar-refractivity contribution in [1.29, 1.82) is 0 Å². The van der Waals surface area contributed by atoms with E-state index < -0.39 is 67.6 Å². The molecule has 0 aliphatic heterocycles. The van der Waals surface area contributed by atoms with Gasteiger partial charge in [0.25, 0.3) is 0 Å².